The predicted molar refractivity (Wildman–Crippen MR) is 85.2 cm³/mol. The van der Waals surface area contributed by atoms with E-state index >= 15 is 0 Å². The first-order valence-electron chi connectivity index (χ1n) is 7.41. The number of anilines is 2. The van der Waals surface area contributed by atoms with Gasteiger partial charge in [-0.05, 0) is 49.2 Å². The van der Waals surface area contributed by atoms with E-state index in [9.17, 15) is 4.39 Å². The predicted octanol–water partition coefficient (Wildman–Crippen LogP) is 3.79. The molecule has 0 saturated heterocycles. The SMILES string of the molecule is CCCc1cc(CN)cc(N(CC)c2cccc(F)c2)n1. The minimum absolute atomic E-state index is 0.241. The van der Waals surface area contributed by atoms with Crippen LogP contribution in [0, 0.1) is 5.82 Å². The molecule has 0 bridgehead atoms. The molecule has 1 aromatic heterocycles. The molecule has 0 saturated carbocycles. The van der Waals surface area contributed by atoms with Crippen LogP contribution in [0.15, 0.2) is 36.4 Å². The summed E-state index contributed by atoms with van der Waals surface area (Å²) in [4.78, 5) is 6.70. The van der Waals surface area contributed by atoms with Gasteiger partial charge in [0.25, 0.3) is 0 Å². The first-order valence-corrected chi connectivity index (χ1v) is 7.41. The molecule has 2 N–H and O–H groups in total. The number of benzene rings is 1. The number of nitrogens with zero attached hydrogens (tertiary/aromatic N) is 2. The van der Waals surface area contributed by atoms with Crippen molar-refractivity contribution in [3.05, 3.63) is 53.5 Å². The maximum atomic E-state index is 13.5. The van der Waals surface area contributed by atoms with E-state index in [4.69, 9.17) is 10.7 Å². The Morgan fingerprint density at radius 1 is 1.19 bits per heavy atom. The van der Waals surface area contributed by atoms with Gasteiger partial charge in [-0.3, -0.25) is 0 Å². The monoisotopic (exact) mass is 287 g/mol. The van der Waals surface area contributed by atoms with Crippen LogP contribution in [0.3, 0.4) is 0 Å². The largest absolute Gasteiger partial charge is 0.327 e. The molecule has 0 atom stereocenters. The lowest BCUT2D eigenvalue weighted by atomic mass is 10.1. The Labute approximate surface area is 125 Å². The summed E-state index contributed by atoms with van der Waals surface area (Å²) in [7, 11) is 0. The van der Waals surface area contributed by atoms with Gasteiger partial charge in [-0.2, -0.15) is 0 Å². The number of pyridine rings is 1. The molecule has 2 rings (SSSR count). The van der Waals surface area contributed by atoms with Crippen LogP contribution in [-0.4, -0.2) is 11.5 Å². The summed E-state index contributed by atoms with van der Waals surface area (Å²) >= 11 is 0. The first-order chi connectivity index (χ1) is 10.2. The zero-order chi connectivity index (χ0) is 15.2. The summed E-state index contributed by atoms with van der Waals surface area (Å²) < 4.78 is 13.5. The summed E-state index contributed by atoms with van der Waals surface area (Å²) in [6.45, 7) is 5.35. The van der Waals surface area contributed by atoms with Crippen molar-refractivity contribution in [2.24, 2.45) is 5.73 Å². The molecule has 21 heavy (non-hydrogen) atoms. The summed E-state index contributed by atoms with van der Waals surface area (Å²) in [5.74, 6) is 0.587. The van der Waals surface area contributed by atoms with Crippen molar-refractivity contribution < 1.29 is 4.39 Å². The van der Waals surface area contributed by atoms with Gasteiger partial charge >= 0.3 is 0 Å². The van der Waals surface area contributed by atoms with Gasteiger partial charge in [0.05, 0.1) is 0 Å². The lowest BCUT2D eigenvalue weighted by molar-refractivity contribution is 0.627. The van der Waals surface area contributed by atoms with Crippen LogP contribution in [0.2, 0.25) is 0 Å². The quantitative estimate of drug-likeness (QED) is 0.879. The Kier molecular flexibility index (Phi) is 5.28. The number of hydrogen-bond acceptors (Lipinski definition) is 3. The number of nitrogens with two attached hydrogens (primary N) is 1. The summed E-state index contributed by atoms with van der Waals surface area (Å²) in [6.07, 6.45) is 1.95. The zero-order valence-electron chi connectivity index (χ0n) is 12.6. The van der Waals surface area contributed by atoms with Crippen molar-refractivity contribution in [3.63, 3.8) is 0 Å². The van der Waals surface area contributed by atoms with Gasteiger partial charge in [-0.15, -0.1) is 0 Å². The Morgan fingerprint density at radius 2 is 2.00 bits per heavy atom. The maximum absolute atomic E-state index is 13.5. The molecule has 0 spiro atoms. The van der Waals surface area contributed by atoms with Gasteiger partial charge in [0.15, 0.2) is 0 Å². The third kappa shape index (κ3) is 3.79. The van der Waals surface area contributed by atoms with E-state index in [1.165, 1.54) is 12.1 Å². The highest BCUT2D eigenvalue weighted by Crippen LogP contribution is 2.25. The average Bonchev–Trinajstić information content (AvgIpc) is 2.48. The van der Waals surface area contributed by atoms with E-state index in [0.29, 0.717) is 6.54 Å². The lowest BCUT2D eigenvalue weighted by Gasteiger charge is -2.23. The lowest BCUT2D eigenvalue weighted by Crippen LogP contribution is -2.18. The van der Waals surface area contributed by atoms with E-state index in [2.05, 4.69) is 6.92 Å². The smallest absolute Gasteiger partial charge is 0.133 e. The third-order valence-corrected chi connectivity index (χ3v) is 3.38. The van der Waals surface area contributed by atoms with E-state index < -0.39 is 0 Å². The van der Waals surface area contributed by atoms with Crippen LogP contribution >= 0.6 is 0 Å². The molecule has 3 nitrogen and oxygen atoms in total. The van der Waals surface area contributed by atoms with Gasteiger partial charge in [-0.1, -0.05) is 19.4 Å². The second-order valence-electron chi connectivity index (χ2n) is 5.00. The van der Waals surface area contributed by atoms with E-state index in [-0.39, 0.29) is 5.82 Å². The molecule has 0 aliphatic carbocycles. The average molecular weight is 287 g/mol. The Morgan fingerprint density at radius 3 is 2.62 bits per heavy atom. The first kappa shape index (κ1) is 15.4. The molecule has 1 heterocycles. The van der Waals surface area contributed by atoms with Crippen molar-refractivity contribution in [1.29, 1.82) is 0 Å². The minimum atomic E-state index is -0.241. The van der Waals surface area contributed by atoms with Crippen LogP contribution in [0.5, 0.6) is 0 Å². The Balaban J connectivity index is 2.43. The number of hydrogen-bond donors (Lipinski definition) is 1. The Bertz CT molecular complexity index is 598. The summed E-state index contributed by atoms with van der Waals surface area (Å²) in [6, 6.07) is 10.6. The molecule has 2 aromatic rings. The van der Waals surface area contributed by atoms with Crippen molar-refractivity contribution in [1.82, 2.24) is 4.98 Å². The highest BCUT2D eigenvalue weighted by molar-refractivity contribution is 5.60. The van der Waals surface area contributed by atoms with Gasteiger partial charge < -0.3 is 10.6 Å². The van der Waals surface area contributed by atoms with Crippen LogP contribution in [0.25, 0.3) is 0 Å². The normalized spacial score (nSPS) is 10.7. The van der Waals surface area contributed by atoms with Crippen LogP contribution < -0.4 is 10.6 Å². The van der Waals surface area contributed by atoms with Crippen molar-refractivity contribution >= 4 is 11.5 Å². The van der Waals surface area contributed by atoms with Crippen molar-refractivity contribution in [2.75, 3.05) is 11.4 Å². The van der Waals surface area contributed by atoms with Gasteiger partial charge in [-0.25, -0.2) is 9.37 Å². The Hall–Kier alpha value is -1.94. The van der Waals surface area contributed by atoms with E-state index in [1.807, 2.05) is 30.0 Å². The van der Waals surface area contributed by atoms with Crippen molar-refractivity contribution in [2.45, 2.75) is 33.2 Å². The number of aromatic nitrogens is 1. The molecule has 0 aliphatic rings. The number of aryl methyl sites for hydroxylation is 1. The highest BCUT2D eigenvalue weighted by atomic mass is 19.1. The van der Waals surface area contributed by atoms with Gasteiger partial charge in [0, 0.05) is 24.5 Å². The molecular weight excluding hydrogens is 265 g/mol. The van der Waals surface area contributed by atoms with E-state index in [1.54, 1.807) is 6.07 Å². The molecule has 0 fully saturated rings. The second-order valence-corrected chi connectivity index (χ2v) is 5.00. The van der Waals surface area contributed by atoms with Crippen LogP contribution in [0.1, 0.15) is 31.5 Å². The van der Waals surface area contributed by atoms with E-state index in [0.717, 1.165) is 42.1 Å². The summed E-state index contributed by atoms with van der Waals surface area (Å²) in [5.41, 5.74) is 8.68. The van der Waals surface area contributed by atoms with Crippen LogP contribution in [0.4, 0.5) is 15.9 Å². The number of halogens is 1. The van der Waals surface area contributed by atoms with Crippen LogP contribution in [-0.2, 0) is 13.0 Å². The molecule has 1 aromatic carbocycles. The molecular formula is C17H22FN3. The fourth-order valence-electron chi connectivity index (χ4n) is 2.39. The molecule has 0 amide bonds. The fraction of sp³-hybridized carbons (Fsp3) is 0.353. The van der Waals surface area contributed by atoms with Gasteiger partial charge in [0.2, 0.25) is 0 Å². The second kappa shape index (κ2) is 7.18. The number of rotatable bonds is 6. The maximum Gasteiger partial charge on any atom is 0.133 e. The molecule has 112 valence electrons. The molecule has 0 aliphatic heterocycles. The highest BCUT2D eigenvalue weighted by Gasteiger charge is 2.11. The zero-order valence-corrected chi connectivity index (χ0v) is 12.6. The molecule has 0 unspecified atom stereocenters. The molecule has 4 heteroatoms. The summed E-state index contributed by atoms with van der Waals surface area (Å²) in [5, 5.41) is 0. The third-order valence-electron chi connectivity index (χ3n) is 3.38. The standard InChI is InChI=1S/C17H22FN3/c1-3-6-15-9-13(12-19)10-17(20-15)21(4-2)16-8-5-7-14(18)11-16/h5,7-11H,3-4,6,12,19H2,1-2H3. The van der Waals surface area contributed by atoms with Crippen molar-refractivity contribution in [3.8, 4) is 0 Å². The fourth-order valence-corrected chi connectivity index (χ4v) is 2.39. The topological polar surface area (TPSA) is 42.1 Å². The minimum Gasteiger partial charge on any atom is -0.327 e. The van der Waals surface area contributed by atoms with Gasteiger partial charge in [0.1, 0.15) is 11.6 Å². The molecule has 0 radical (unpaired) electrons.